The zero-order valence-corrected chi connectivity index (χ0v) is 17.3. The Hall–Kier alpha value is -2.36. The molecule has 0 spiro atoms. The first kappa shape index (κ1) is 21.4. The van der Waals surface area contributed by atoms with E-state index >= 15 is 0 Å². The van der Waals surface area contributed by atoms with E-state index in [1.807, 2.05) is 11.8 Å². The zero-order valence-electron chi connectivity index (χ0n) is 16.5. The predicted octanol–water partition coefficient (Wildman–Crippen LogP) is 1.57. The van der Waals surface area contributed by atoms with E-state index in [1.165, 1.54) is 34.9 Å². The van der Waals surface area contributed by atoms with E-state index in [0.29, 0.717) is 32.7 Å². The minimum absolute atomic E-state index is 0.0853. The molecule has 1 atom stereocenters. The van der Waals surface area contributed by atoms with Crippen molar-refractivity contribution < 1.29 is 17.6 Å². The molecule has 1 saturated heterocycles. The number of pyridine rings is 1. The van der Waals surface area contributed by atoms with Gasteiger partial charge in [-0.05, 0) is 36.8 Å². The number of carbonyl (C=O) groups is 1. The van der Waals surface area contributed by atoms with Crippen molar-refractivity contribution in [3.8, 4) is 0 Å². The van der Waals surface area contributed by atoms with E-state index in [4.69, 9.17) is 0 Å². The molecule has 1 aliphatic heterocycles. The van der Waals surface area contributed by atoms with Gasteiger partial charge in [0.25, 0.3) is 0 Å². The minimum Gasteiger partial charge on any atom is -0.340 e. The first-order chi connectivity index (χ1) is 13.8. The second-order valence-corrected chi connectivity index (χ2v) is 9.07. The van der Waals surface area contributed by atoms with Crippen LogP contribution in [0.4, 0.5) is 4.39 Å². The number of hydrogen-bond acceptors (Lipinski definition) is 5. The summed E-state index contributed by atoms with van der Waals surface area (Å²) in [7, 11) is -1.89. The molecule has 7 nitrogen and oxygen atoms in total. The van der Waals surface area contributed by atoms with Crippen LogP contribution in [0.5, 0.6) is 0 Å². The molecule has 1 aromatic carbocycles. The quantitative estimate of drug-likeness (QED) is 0.709. The molecule has 29 heavy (non-hydrogen) atoms. The van der Waals surface area contributed by atoms with Crippen LogP contribution in [-0.4, -0.2) is 72.7 Å². The Kier molecular flexibility index (Phi) is 6.61. The summed E-state index contributed by atoms with van der Waals surface area (Å²) in [5, 5.41) is 0. The van der Waals surface area contributed by atoms with Crippen LogP contribution in [0.1, 0.15) is 12.5 Å². The lowest BCUT2D eigenvalue weighted by molar-refractivity contribution is -0.136. The number of amides is 1. The van der Waals surface area contributed by atoms with Gasteiger partial charge >= 0.3 is 0 Å². The Labute approximate surface area is 170 Å². The van der Waals surface area contributed by atoms with Gasteiger partial charge in [0.1, 0.15) is 10.7 Å². The molecule has 0 unspecified atom stereocenters. The smallest absolute Gasteiger partial charge is 0.244 e. The molecular weight excluding hydrogens is 395 g/mol. The van der Waals surface area contributed by atoms with Crippen LogP contribution in [0.25, 0.3) is 0 Å². The van der Waals surface area contributed by atoms with Crippen LogP contribution in [0.3, 0.4) is 0 Å². The average molecular weight is 421 g/mol. The Balaban J connectivity index is 1.58. The number of likely N-dealkylation sites (N-methyl/N-ethyl adjacent to an activating group) is 1. The predicted molar refractivity (Wildman–Crippen MR) is 107 cm³/mol. The molecule has 0 aliphatic carbocycles. The molecule has 0 bridgehead atoms. The van der Waals surface area contributed by atoms with Crippen molar-refractivity contribution in [3.63, 3.8) is 0 Å². The van der Waals surface area contributed by atoms with E-state index in [2.05, 4.69) is 4.98 Å². The third-order valence-electron chi connectivity index (χ3n) is 5.14. The van der Waals surface area contributed by atoms with E-state index in [1.54, 1.807) is 30.1 Å². The van der Waals surface area contributed by atoms with Crippen LogP contribution >= 0.6 is 0 Å². The number of benzene rings is 1. The maximum atomic E-state index is 13.4. The highest BCUT2D eigenvalue weighted by Gasteiger charge is 2.32. The molecule has 2 aromatic rings. The largest absolute Gasteiger partial charge is 0.340 e. The van der Waals surface area contributed by atoms with Gasteiger partial charge in [0.05, 0.1) is 6.04 Å². The lowest BCUT2D eigenvalue weighted by Crippen LogP contribution is -2.54. The van der Waals surface area contributed by atoms with Crippen LogP contribution in [-0.2, 0) is 21.4 Å². The summed E-state index contributed by atoms with van der Waals surface area (Å²) in [5.74, 6) is -0.417. The summed E-state index contributed by atoms with van der Waals surface area (Å²) in [6.07, 6.45) is 2.87. The van der Waals surface area contributed by atoms with Crippen molar-refractivity contribution in [2.24, 2.45) is 0 Å². The number of nitrogens with zero attached hydrogens (tertiary/aromatic N) is 4. The first-order valence-electron chi connectivity index (χ1n) is 9.42. The third-order valence-corrected chi connectivity index (χ3v) is 7.02. The summed E-state index contributed by atoms with van der Waals surface area (Å²) >= 11 is 0. The summed E-state index contributed by atoms with van der Waals surface area (Å²) < 4.78 is 40.2. The fraction of sp³-hybridized carbons (Fsp3) is 0.400. The standard InChI is InChI=1S/C20H25FN4O3S/c1-16(20(26)23(2)15-17-5-3-6-18(21)13-17)24-9-11-25(12-10-24)29(27,28)19-7-4-8-22-14-19/h3-8,13-14,16H,9-12,15H2,1-2H3/t16-/m1/s1. The van der Waals surface area contributed by atoms with Gasteiger partial charge in [-0.25, -0.2) is 12.8 Å². The van der Waals surface area contributed by atoms with Gasteiger partial charge in [-0.3, -0.25) is 14.7 Å². The summed E-state index contributed by atoms with van der Waals surface area (Å²) in [6.45, 7) is 3.66. The SMILES string of the molecule is C[C@H](C(=O)N(C)Cc1cccc(F)c1)N1CCN(S(=O)(=O)c2cccnc2)CC1. The van der Waals surface area contributed by atoms with E-state index < -0.39 is 16.1 Å². The maximum Gasteiger partial charge on any atom is 0.244 e. The van der Waals surface area contributed by atoms with Crippen LogP contribution in [0.2, 0.25) is 0 Å². The molecule has 1 fully saturated rings. The number of aromatic nitrogens is 1. The summed E-state index contributed by atoms with van der Waals surface area (Å²) in [5.41, 5.74) is 0.723. The van der Waals surface area contributed by atoms with Crippen molar-refractivity contribution >= 4 is 15.9 Å². The molecule has 0 saturated carbocycles. The zero-order chi connectivity index (χ0) is 21.0. The fourth-order valence-electron chi connectivity index (χ4n) is 3.44. The van der Waals surface area contributed by atoms with Gasteiger partial charge in [0.15, 0.2) is 0 Å². The average Bonchev–Trinajstić information content (AvgIpc) is 2.73. The molecule has 3 rings (SSSR count). The Morgan fingerprint density at radius 2 is 1.93 bits per heavy atom. The maximum absolute atomic E-state index is 13.4. The Morgan fingerprint density at radius 3 is 2.55 bits per heavy atom. The van der Waals surface area contributed by atoms with Crippen molar-refractivity contribution in [1.29, 1.82) is 0 Å². The van der Waals surface area contributed by atoms with Crippen LogP contribution in [0.15, 0.2) is 53.7 Å². The number of rotatable bonds is 6. The van der Waals surface area contributed by atoms with Crippen molar-refractivity contribution in [1.82, 2.24) is 19.1 Å². The van der Waals surface area contributed by atoms with Crippen molar-refractivity contribution in [3.05, 3.63) is 60.2 Å². The molecule has 9 heteroatoms. The second-order valence-electron chi connectivity index (χ2n) is 7.13. The van der Waals surface area contributed by atoms with Gasteiger partial charge in [0, 0.05) is 52.2 Å². The van der Waals surface area contributed by atoms with Crippen molar-refractivity contribution in [2.75, 3.05) is 33.2 Å². The van der Waals surface area contributed by atoms with Gasteiger partial charge < -0.3 is 4.90 Å². The molecule has 0 N–H and O–H groups in total. The third kappa shape index (κ3) is 4.98. The fourth-order valence-corrected chi connectivity index (χ4v) is 4.83. The summed E-state index contributed by atoms with van der Waals surface area (Å²) in [4.78, 5) is 20.4. The van der Waals surface area contributed by atoms with Gasteiger partial charge in [-0.2, -0.15) is 4.31 Å². The Bertz CT molecular complexity index is 947. The number of piperazine rings is 1. The lowest BCUT2D eigenvalue weighted by atomic mass is 10.1. The lowest BCUT2D eigenvalue weighted by Gasteiger charge is -2.37. The van der Waals surface area contributed by atoms with Gasteiger partial charge in [-0.1, -0.05) is 12.1 Å². The van der Waals surface area contributed by atoms with Crippen molar-refractivity contribution in [2.45, 2.75) is 24.4 Å². The second kappa shape index (κ2) is 8.98. The Morgan fingerprint density at radius 1 is 1.21 bits per heavy atom. The minimum atomic E-state index is -3.58. The van der Waals surface area contributed by atoms with Gasteiger partial charge in [-0.15, -0.1) is 0 Å². The molecule has 156 valence electrons. The van der Waals surface area contributed by atoms with E-state index in [-0.39, 0.29) is 16.6 Å². The number of halogens is 1. The first-order valence-corrected chi connectivity index (χ1v) is 10.9. The topological polar surface area (TPSA) is 73.8 Å². The highest BCUT2D eigenvalue weighted by atomic mass is 32.2. The molecule has 2 heterocycles. The number of hydrogen-bond donors (Lipinski definition) is 0. The highest BCUT2D eigenvalue weighted by molar-refractivity contribution is 7.89. The summed E-state index contributed by atoms with van der Waals surface area (Å²) in [6, 6.07) is 8.91. The number of sulfonamides is 1. The number of carbonyl (C=O) groups excluding carboxylic acids is 1. The molecule has 1 aromatic heterocycles. The van der Waals surface area contributed by atoms with Crippen LogP contribution in [0, 0.1) is 5.82 Å². The molecule has 1 aliphatic rings. The van der Waals surface area contributed by atoms with E-state index in [0.717, 1.165) is 5.56 Å². The van der Waals surface area contributed by atoms with Gasteiger partial charge in [0.2, 0.25) is 15.9 Å². The van der Waals surface area contributed by atoms with Crippen LogP contribution < -0.4 is 0 Å². The molecule has 0 radical (unpaired) electrons. The van der Waals surface area contributed by atoms with E-state index in [9.17, 15) is 17.6 Å². The normalized spacial score (nSPS) is 17.1. The highest BCUT2D eigenvalue weighted by Crippen LogP contribution is 2.18. The molecule has 1 amide bonds. The molecular formula is C20H25FN4O3S. The monoisotopic (exact) mass is 420 g/mol.